The second-order valence-corrected chi connectivity index (χ2v) is 7.02. The summed E-state index contributed by atoms with van der Waals surface area (Å²) in [6, 6.07) is 7.28. The van der Waals surface area contributed by atoms with Crippen molar-refractivity contribution in [2.24, 2.45) is 13.0 Å². The van der Waals surface area contributed by atoms with Crippen LogP contribution in [0.25, 0.3) is 11.0 Å². The summed E-state index contributed by atoms with van der Waals surface area (Å²) in [4.78, 5) is 36.5. The summed E-state index contributed by atoms with van der Waals surface area (Å²) in [6.45, 7) is 1.66. The first-order chi connectivity index (χ1) is 11.8. The van der Waals surface area contributed by atoms with E-state index in [1.54, 1.807) is 20.0 Å². The van der Waals surface area contributed by atoms with E-state index >= 15 is 0 Å². The minimum absolute atomic E-state index is 0.123. The lowest BCUT2D eigenvalue weighted by atomic mass is 9.74. The highest BCUT2D eigenvalue weighted by molar-refractivity contribution is 5.82. The van der Waals surface area contributed by atoms with Crippen LogP contribution >= 0.6 is 0 Å². The molecule has 1 heterocycles. The van der Waals surface area contributed by atoms with Crippen molar-refractivity contribution < 1.29 is 14.7 Å². The van der Waals surface area contributed by atoms with Crippen molar-refractivity contribution in [3.8, 4) is 0 Å². The second kappa shape index (κ2) is 6.38. The summed E-state index contributed by atoms with van der Waals surface area (Å²) in [5.41, 5.74) is 0.399. The van der Waals surface area contributed by atoms with Crippen LogP contribution in [0.5, 0.6) is 0 Å². The van der Waals surface area contributed by atoms with Crippen molar-refractivity contribution >= 4 is 22.9 Å². The van der Waals surface area contributed by atoms with Gasteiger partial charge in [-0.25, -0.2) is 4.79 Å². The number of rotatable bonds is 4. The molecule has 1 aliphatic carbocycles. The van der Waals surface area contributed by atoms with Crippen LogP contribution in [0.1, 0.15) is 32.6 Å². The molecule has 25 heavy (non-hydrogen) atoms. The van der Waals surface area contributed by atoms with Crippen LogP contribution in [0, 0.1) is 5.92 Å². The number of aryl methyl sites for hydroxylation is 1. The number of para-hydroxylation sites is 2. The van der Waals surface area contributed by atoms with Gasteiger partial charge in [0.25, 0.3) is 0 Å². The Morgan fingerprint density at radius 2 is 1.96 bits per heavy atom. The third kappa shape index (κ3) is 3.06. The molecule has 0 bridgehead atoms. The molecule has 0 radical (unpaired) electrons. The second-order valence-electron chi connectivity index (χ2n) is 7.02. The molecular formula is C18H23N3O4. The summed E-state index contributed by atoms with van der Waals surface area (Å²) in [5.74, 6) is -1.83. The minimum Gasteiger partial charge on any atom is -0.481 e. The molecule has 1 aromatic carbocycles. The molecule has 1 fully saturated rings. The zero-order valence-electron chi connectivity index (χ0n) is 14.5. The average Bonchev–Trinajstić information content (AvgIpc) is 2.80. The number of carbonyl (C=O) groups excluding carboxylic acids is 1. The molecule has 2 N–H and O–H groups in total. The SMILES string of the molecule is Cn1c(=O)n(CC(=O)N[C@]2(C)CCCC[C@H]2C(=O)O)c2ccccc21. The first kappa shape index (κ1) is 17.3. The third-order valence-corrected chi connectivity index (χ3v) is 5.28. The van der Waals surface area contributed by atoms with Crippen LogP contribution in [0.2, 0.25) is 0 Å². The fourth-order valence-electron chi connectivity index (χ4n) is 3.90. The number of carboxylic acids is 1. The van der Waals surface area contributed by atoms with Gasteiger partial charge >= 0.3 is 11.7 Å². The van der Waals surface area contributed by atoms with Crippen LogP contribution in [0.4, 0.5) is 0 Å². The number of nitrogens with one attached hydrogen (secondary N) is 1. The van der Waals surface area contributed by atoms with Gasteiger partial charge in [0.2, 0.25) is 5.91 Å². The lowest BCUT2D eigenvalue weighted by Gasteiger charge is -2.39. The Balaban J connectivity index is 1.85. The molecule has 0 aliphatic heterocycles. The van der Waals surface area contributed by atoms with Crippen LogP contribution in [0.15, 0.2) is 29.1 Å². The molecule has 0 saturated heterocycles. The molecule has 7 nitrogen and oxygen atoms in total. The van der Waals surface area contributed by atoms with Crippen molar-refractivity contribution in [2.75, 3.05) is 0 Å². The Hall–Kier alpha value is -2.57. The fraction of sp³-hybridized carbons (Fsp3) is 0.500. The largest absolute Gasteiger partial charge is 0.481 e. The lowest BCUT2D eigenvalue weighted by molar-refractivity contribution is -0.146. The third-order valence-electron chi connectivity index (χ3n) is 5.28. The van der Waals surface area contributed by atoms with Crippen molar-refractivity contribution in [2.45, 2.75) is 44.7 Å². The van der Waals surface area contributed by atoms with E-state index < -0.39 is 17.4 Å². The monoisotopic (exact) mass is 345 g/mol. The van der Waals surface area contributed by atoms with Gasteiger partial charge in [0.15, 0.2) is 0 Å². The van der Waals surface area contributed by atoms with Gasteiger partial charge in [-0.3, -0.25) is 18.7 Å². The fourth-order valence-corrected chi connectivity index (χ4v) is 3.90. The van der Waals surface area contributed by atoms with Gasteiger partial charge in [-0.2, -0.15) is 0 Å². The number of imidazole rings is 1. The summed E-state index contributed by atoms with van der Waals surface area (Å²) in [5, 5.41) is 12.3. The molecular weight excluding hydrogens is 322 g/mol. The predicted octanol–water partition coefficient (Wildman–Crippen LogP) is 1.49. The van der Waals surface area contributed by atoms with Gasteiger partial charge in [-0.1, -0.05) is 25.0 Å². The number of amides is 1. The van der Waals surface area contributed by atoms with Gasteiger partial charge < -0.3 is 10.4 Å². The predicted molar refractivity (Wildman–Crippen MR) is 93.3 cm³/mol. The lowest BCUT2D eigenvalue weighted by Crippen LogP contribution is -2.56. The Morgan fingerprint density at radius 1 is 1.28 bits per heavy atom. The zero-order chi connectivity index (χ0) is 18.2. The normalized spacial score (nSPS) is 23.5. The molecule has 1 saturated carbocycles. The maximum absolute atomic E-state index is 12.6. The minimum atomic E-state index is -0.884. The van der Waals surface area contributed by atoms with Crippen molar-refractivity contribution in [1.29, 1.82) is 0 Å². The summed E-state index contributed by atoms with van der Waals surface area (Å²) in [6.07, 6.45) is 2.92. The Morgan fingerprint density at radius 3 is 2.64 bits per heavy atom. The van der Waals surface area contributed by atoms with Crippen molar-refractivity contribution in [3.05, 3.63) is 34.7 Å². The number of fused-ring (bicyclic) bond motifs is 1. The topological polar surface area (TPSA) is 93.3 Å². The molecule has 2 atom stereocenters. The summed E-state index contributed by atoms with van der Waals surface area (Å²) < 4.78 is 2.93. The van der Waals surface area contributed by atoms with Gasteiger partial charge in [0, 0.05) is 7.05 Å². The van der Waals surface area contributed by atoms with E-state index in [1.165, 1.54) is 9.13 Å². The van der Waals surface area contributed by atoms with E-state index in [0.29, 0.717) is 18.4 Å². The number of aromatic nitrogens is 2. The molecule has 1 aliphatic rings. The highest BCUT2D eigenvalue weighted by Crippen LogP contribution is 2.33. The maximum atomic E-state index is 12.6. The van der Waals surface area contributed by atoms with E-state index in [0.717, 1.165) is 18.4 Å². The number of carboxylic acid groups (broad SMARTS) is 1. The smallest absolute Gasteiger partial charge is 0.329 e. The quantitative estimate of drug-likeness (QED) is 0.878. The number of nitrogens with zero attached hydrogens (tertiary/aromatic N) is 2. The molecule has 1 amide bonds. The highest BCUT2D eigenvalue weighted by Gasteiger charge is 2.42. The number of hydrogen-bond acceptors (Lipinski definition) is 3. The zero-order valence-corrected chi connectivity index (χ0v) is 14.5. The Bertz CT molecular complexity index is 882. The van der Waals surface area contributed by atoms with Gasteiger partial charge in [-0.15, -0.1) is 0 Å². The first-order valence-electron chi connectivity index (χ1n) is 8.51. The maximum Gasteiger partial charge on any atom is 0.329 e. The van der Waals surface area contributed by atoms with Gasteiger partial charge in [-0.05, 0) is 31.9 Å². The van der Waals surface area contributed by atoms with Crippen LogP contribution in [0.3, 0.4) is 0 Å². The van der Waals surface area contributed by atoms with E-state index in [1.807, 2.05) is 18.2 Å². The van der Waals surface area contributed by atoms with Crippen molar-refractivity contribution in [1.82, 2.24) is 14.5 Å². The Labute approximate surface area is 145 Å². The van der Waals surface area contributed by atoms with Gasteiger partial charge in [0.05, 0.1) is 22.5 Å². The molecule has 2 aromatic rings. The Kier molecular flexibility index (Phi) is 4.41. The van der Waals surface area contributed by atoms with E-state index in [2.05, 4.69) is 5.32 Å². The first-order valence-corrected chi connectivity index (χ1v) is 8.51. The number of aliphatic carboxylic acids is 1. The number of benzene rings is 1. The summed E-state index contributed by atoms with van der Waals surface area (Å²) >= 11 is 0. The summed E-state index contributed by atoms with van der Waals surface area (Å²) in [7, 11) is 1.67. The number of carbonyl (C=O) groups is 2. The molecule has 0 unspecified atom stereocenters. The molecule has 0 spiro atoms. The van der Waals surface area contributed by atoms with Crippen LogP contribution in [-0.4, -0.2) is 31.7 Å². The van der Waals surface area contributed by atoms with E-state index in [-0.39, 0.29) is 18.1 Å². The molecule has 1 aromatic heterocycles. The van der Waals surface area contributed by atoms with E-state index in [4.69, 9.17) is 0 Å². The molecule has 7 heteroatoms. The van der Waals surface area contributed by atoms with Crippen LogP contribution in [-0.2, 0) is 23.2 Å². The van der Waals surface area contributed by atoms with Crippen molar-refractivity contribution in [3.63, 3.8) is 0 Å². The molecule has 3 rings (SSSR count). The van der Waals surface area contributed by atoms with Crippen LogP contribution < -0.4 is 11.0 Å². The standard InChI is InChI=1S/C18H23N3O4/c1-18(10-6-5-7-12(18)16(23)24)19-15(22)11-21-14-9-4-3-8-13(14)20(2)17(21)25/h3-4,8-9,12H,5-7,10-11H2,1-2H3,(H,19,22)(H,23,24)/t12-,18+/m0/s1. The molecule has 134 valence electrons. The average molecular weight is 345 g/mol. The number of hydrogen-bond donors (Lipinski definition) is 2. The van der Waals surface area contributed by atoms with E-state index in [9.17, 15) is 19.5 Å². The highest BCUT2D eigenvalue weighted by atomic mass is 16.4. The van der Waals surface area contributed by atoms with Gasteiger partial charge in [0.1, 0.15) is 6.54 Å².